The van der Waals surface area contributed by atoms with Gasteiger partial charge in [0.25, 0.3) is 5.71 Å². The maximum atomic E-state index is 13.8. The van der Waals surface area contributed by atoms with Crippen molar-refractivity contribution in [3.63, 3.8) is 0 Å². The maximum absolute atomic E-state index is 13.8. The molecule has 0 atom stereocenters. The predicted molar refractivity (Wildman–Crippen MR) is 96.1 cm³/mol. The molecule has 2 aromatic heterocycles. The van der Waals surface area contributed by atoms with Crippen molar-refractivity contribution >= 4 is 22.9 Å². The van der Waals surface area contributed by atoms with E-state index in [0.29, 0.717) is 17.0 Å². The van der Waals surface area contributed by atoms with Crippen LogP contribution in [0.5, 0.6) is 5.75 Å². The molecule has 0 unspecified atom stereocenters. The lowest BCUT2D eigenvalue weighted by molar-refractivity contribution is 0.0476. The molecule has 0 spiro atoms. The Hall–Kier alpha value is -3.29. The van der Waals surface area contributed by atoms with E-state index in [4.69, 9.17) is 14.0 Å². The Morgan fingerprint density at radius 1 is 1.29 bits per heavy atom. The van der Waals surface area contributed by atoms with Gasteiger partial charge in [-0.3, -0.25) is 4.79 Å². The van der Waals surface area contributed by atoms with Crippen LogP contribution in [0.15, 0.2) is 28.8 Å². The minimum Gasteiger partial charge on any atom is -0.494 e. The number of hydrogen-bond acceptors (Lipinski definition) is 7. The second-order valence-electron chi connectivity index (χ2n) is 6.67. The van der Waals surface area contributed by atoms with Gasteiger partial charge in [-0.05, 0) is 44.0 Å². The van der Waals surface area contributed by atoms with Crippen molar-refractivity contribution in [3.8, 4) is 5.75 Å². The molecule has 1 aromatic carbocycles. The van der Waals surface area contributed by atoms with E-state index in [1.54, 1.807) is 13.0 Å². The molecule has 28 heavy (non-hydrogen) atoms. The number of nitrogens with zero attached hydrogens (tertiary/aromatic N) is 2. The molecule has 7 nitrogen and oxygen atoms in total. The lowest BCUT2D eigenvalue weighted by atomic mass is 10.1. The van der Waals surface area contributed by atoms with Gasteiger partial charge in [-0.2, -0.15) is 0 Å². The van der Waals surface area contributed by atoms with Crippen molar-refractivity contribution in [2.75, 3.05) is 13.7 Å². The minimum atomic E-state index is -0.678. The van der Waals surface area contributed by atoms with Crippen LogP contribution in [0, 0.1) is 12.7 Å². The zero-order valence-electron chi connectivity index (χ0n) is 15.3. The lowest BCUT2D eigenvalue weighted by Gasteiger charge is -2.08. The van der Waals surface area contributed by atoms with E-state index in [0.717, 1.165) is 24.6 Å². The Labute approximate surface area is 159 Å². The number of methoxy groups -OCH3 is 1. The predicted octanol–water partition coefficient (Wildman–Crippen LogP) is 3.60. The third kappa shape index (κ3) is 3.33. The molecule has 0 aliphatic heterocycles. The van der Waals surface area contributed by atoms with E-state index >= 15 is 0 Å². The number of aryl methyl sites for hydroxylation is 1. The van der Waals surface area contributed by atoms with Crippen LogP contribution in [0.25, 0.3) is 11.1 Å². The van der Waals surface area contributed by atoms with Gasteiger partial charge in [0.05, 0.1) is 23.8 Å². The highest BCUT2D eigenvalue weighted by molar-refractivity contribution is 6.05. The number of halogens is 1. The van der Waals surface area contributed by atoms with Crippen molar-refractivity contribution in [3.05, 3.63) is 52.6 Å². The Bertz CT molecular complexity index is 1090. The van der Waals surface area contributed by atoms with Crippen molar-refractivity contribution in [1.82, 2.24) is 10.1 Å². The summed E-state index contributed by atoms with van der Waals surface area (Å²) in [6.07, 6.45) is 2.00. The highest BCUT2D eigenvalue weighted by Crippen LogP contribution is 2.40. The first-order valence-electron chi connectivity index (χ1n) is 8.78. The zero-order valence-corrected chi connectivity index (χ0v) is 15.3. The third-order valence-electron chi connectivity index (χ3n) is 4.66. The average molecular weight is 384 g/mol. The summed E-state index contributed by atoms with van der Waals surface area (Å²) in [6.45, 7) is 1.18. The number of esters is 1. The fraction of sp³-hybridized carbons (Fsp3) is 0.300. The molecular weight excluding hydrogens is 367 g/mol. The minimum absolute atomic E-state index is 0.0308. The molecule has 0 bridgehead atoms. The molecule has 2 heterocycles. The van der Waals surface area contributed by atoms with Crippen LogP contribution in [0.1, 0.15) is 50.9 Å². The second-order valence-corrected chi connectivity index (χ2v) is 6.67. The topological polar surface area (TPSA) is 91.5 Å². The summed E-state index contributed by atoms with van der Waals surface area (Å²) in [6, 6.07) is 5.48. The number of fused-ring (bicyclic) bond motifs is 1. The van der Waals surface area contributed by atoms with Gasteiger partial charge in [-0.25, -0.2) is 14.2 Å². The first-order valence-corrected chi connectivity index (χ1v) is 8.78. The summed E-state index contributed by atoms with van der Waals surface area (Å²) in [5.41, 5.74) is 1.89. The second kappa shape index (κ2) is 7.03. The van der Waals surface area contributed by atoms with Crippen molar-refractivity contribution in [2.24, 2.45) is 0 Å². The summed E-state index contributed by atoms with van der Waals surface area (Å²) >= 11 is 0. The van der Waals surface area contributed by atoms with Crippen LogP contribution in [-0.2, 0) is 4.74 Å². The van der Waals surface area contributed by atoms with E-state index in [1.807, 2.05) is 0 Å². The van der Waals surface area contributed by atoms with Crippen LogP contribution in [-0.4, -0.2) is 35.6 Å². The SMILES string of the molecule is COc1ccc(C(=O)COC(=O)c2cc(C3CC3)nc3onc(C)c23)cc1F. The smallest absolute Gasteiger partial charge is 0.339 e. The van der Waals surface area contributed by atoms with Gasteiger partial charge in [-0.1, -0.05) is 5.16 Å². The van der Waals surface area contributed by atoms with E-state index < -0.39 is 24.2 Å². The molecule has 1 aliphatic carbocycles. The van der Waals surface area contributed by atoms with Crippen LogP contribution < -0.4 is 4.74 Å². The molecule has 3 aromatic rings. The van der Waals surface area contributed by atoms with Crippen molar-refractivity contribution in [2.45, 2.75) is 25.7 Å². The van der Waals surface area contributed by atoms with Gasteiger partial charge in [-0.15, -0.1) is 0 Å². The maximum Gasteiger partial charge on any atom is 0.339 e. The van der Waals surface area contributed by atoms with Gasteiger partial charge in [0.1, 0.15) is 0 Å². The molecule has 0 N–H and O–H groups in total. The number of Topliss-reactive ketones (excluding diaryl/α,β-unsaturated/α-hetero) is 1. The van der Waals surface area contributed by atoms with Crippen LogP contribution in [0.4, 0.5) is 4.39 Å². The molecule has 4 rings (SSSR count). The summed E-state index contributed by atoms with van der Waals surface area (Å²) in [5.74, 6) is -1.54. The van der Waals surface area contributed by atoms with Gasteiger partial charge in [0.2, 0.25) is 0 Å². The molecule has 8 heteroatoms. The fourth-order valence-electron chi connectivity index (χ4n) is 2.99. The molecule has 1 fully saturated rings. The fourth-order valence-corrected chi connectivity index (χ4v) is 2.99. The van der Waals surface area contributed by atoms with Crippen LogP contribution in [0.3, 0.4) is 0 Å². The molecule has 1 saturated carbocycles. The largest absolute Gasteiger partial charge is 0.494 e. The number of carbonyl (C=O) groups excluding carboxylic acids is 2. The Balaban J connectivity index is 1.54. The molecule has 0 saturated heterocycles. The number of ether oxygens (including phenoxy) is 2. The zero-order chi connectivity index (χ0) is 19.8. The Kier molecular flexibility index (Phi) is 4.54. The molecule has 0 radical (unpaired) electrons. The summed E-state index contributed by atoms with van der Waals surface area (Å²) < 4.78 is 29.0. The summed E-state index contributed by atoms with van der Waals surface area (Å²) in [7, 11) is 1.33. The molecule has 0 amide bonds. The van der Waals surface area contributed by atoms with Crippen molar-refractivity contribution in [1.29, 1.82) is 0 Å². The number of rotatable bonds is 6. The number of pyridine rings is 1. The standard InChI is InChI=1S/C20H17FN2O5/c1-10-18-13(8-15(11-3-4-11)22-19(18)28-23-10)20(25)27-9-16(24)12-5-6-17(26-2)14(21)7-12/h5-8,11H,3-4,9H2,1-2H3. The molecule has 144 valence electrons. The van der Waals surface area contributed by atoms with Crippen LogP contribution in [0.2, 0.25) is 0 Å². The number of aromatic nitrogens is 2. The Morgan fingerprint density at radius 2 is 2.07 bits per heavy atom. The number of carbonyl (C=O) groups is 2. The molecular formula is C20H17FN2O5. The Morgan fingerprint density at radius 3 is 2.75 bits per heavy atom. The first kappa shape index (κ1) is 18.1. The molecule has 1 aliphatic rings. The van der Waals surface area contributed by atoms with Gasteiger partial charge < -0.3 is 14.0 Å². The van der Waals surface area contributed by atoms with E-state index in [-0.39, 0.29) is 22.6 Å². The lowest BCUT2D eigenvalue weighted by Crippen LogP contribution is -2.15. The quantitative estimate of drug-likeness (QED) is 0.474. The normalized spacial score (nSPS) is 13.5. The van der Waals surface area contributed by atoms with E-state index in [9.17, 15) is 14.0 Å². The average Bonchev–Trinajstić information content (AvgIpc) is 3.48. The van der Waals surface area contributed by atoms with E-state index in [2.05, 4.69) is 10.1 Å². The van der Waals surface area contributed by atoms with Gasteiger partial charge in [0.15, 0.2) is 24.0 Å². The van der Waals surface area contributed by atoms with Crippen molar-refractivity contribution < 1.29 is 28.0 Å². The summed E-state index contributed by atoms with van der Waals surface area (Å²) in [5, 5.41) is 4.33. The number of hydrogen-bond donors (Lipinski definition) is 0. The highest BCUT2D eigenvalue weighted by atomic mass is 19.1. The van der Waals surface area contributed by atoms with Gasteiger partial charge >= 0.3 is 5.97 Å². The van der Waals surface area contributed by atoms with Gasteiger partial charge in [0, 0.05) is 17.2 Å². The third-order valence-corrected chi connectivity index (χ3v) is 4.66. The monoisotopic (exact) mass is 384 g/mol. The highest BCUT2D eigenvalue weighted by Gasteiger charge is 2.29. The summed E-state index contributed by atoms with van der Waals surface area (Å²) in [4.78, 5) is 29.3. The van der Waals surface area contributed by atoms with Crippen LogP contribution >= 0.6 is 0 Å². The first-order chi connectivity index (χ1) is 13.5. The number of benzene rings is 1. The number of ketones is 1. The van der Waals surface area contributed by atoms with E-state index in [1.165, 1.54) is 19.2 Å².